The summed E-state index contributed by atoms with van der Waals surface area (Å²) in [7, 11) is 2.15. The van der Waals surface area contributed by atoms with E-state index >= 15 is 0 Å². The molecule has 0 aromatic heterocycles. The number of rotatable bonds is 8. The molecule has 0 bridgehead atoms. The molecule has 0 radical (unpaired) electrons. The molecule has 4 heteroatoms. The van der Waals surface area contributed by atoms with Crippen molar-refractivity contribution in [2.45, 2.75) is 32.8 Å². The predicted octanol–water partition coefficient (Wildman–Crippen LogP) is 2.81. The Morgan fingerprint density at radius 2 is 2.09 bits per heavy atom. The van der Waals surface area contributed by atoms with Crippen molar-refractivity contribution in [1.29, 1.82) is 0 Å². The van der Waals surface area contributed by atoms with Gasteiger partial charge in [0.2, 0.25) is 0 Å². The van der Waals surface area contributed by atoms with Crippen LogP contribution in [0.4, 0.5) is 0 Å². The summed E-state index contributed by atoms with van der Waals surface area (Å²) < 4.78 is 16.9. The zero-order valence-corrected chi connectivity index (χ0v) is 14.1. The average molecular weight is 307 g/mol. The van der Waals surface area contributed by atoms with Gasteiger partial charge in [-0.2, -0.15) is 0 Å². The van der Waals surface area contributed by atoms with Gasteiger partial charge in [0.05, 0.1) is 32.5 Å². The largest absolute Gasteiger partial charge is 0.493 e. The molecular weight excluding hydrogens is 278 g/mol. The molecule has 22 heavy (non-hydrogen) atoms. The molecule has 4 nitrogen and oxygen atoms in total. The maximum Gasteiger partial charge on any atom is 0.122 e. The number of hydrogen-bond donors (Lipinski definition) is 0. The Bertz CT molecular complexity index is 444. The molecule has 2 rings (SSSR count). The fourth-order valence-electron chi connectivity index (χ4n) is 2.66. The Balaban J connectivity index is 1.57. The highest BCUT2D eigenvalue weighted by Gasteiger charge is 2.14. The molecule has 0 saturated carbocycles. The van der Waals surface area contributed by atoms with Crippen molar-refractivity contribution in [3.05, 3.63) is 29.3 Å². The topological polar surface area (TPSA) is 30.9 Å². The molecule has 1 fully saturated rings. The quantitative estimate of drug-likeness (QED) is 0.691. The number of benzene rings is 1. The van der Waals surface area contributed by atoms with Crippen LogP contribution in [0.15, 0.2) is 18.2 Å². The van der Waals surface area contributed by atoms with E-state index in [0.717, 1.165) is 58.1 Å². The summed E-state index contributed by atoms with van der Waals surface area (Å²) in [4.78, 5) is 2.34. The molecular formula is C18H29NO3. The first kappa shape index (κ1) is 17.3. The lowest BCUT2D eigenvalue weighted by atomic mass is 10.1. The van der Waals surface area contributed by atoms with Crippen LogP contribution < -0.4 is 4.74 Å². The second-order valence-electron chi connectivity index (χ2n) is 6.13. The molecule has 0 amide bonds. The molecule has 1 aromatic carbocycles. The molecule has 124 valence electrons. The van der Waals surface area contributed by atoms with Crippen molar-refractivity contribution in [3.8, 4) is 5.75 Å². The molecule has 0 N–H and O–H groups in total. The second-order valence-corrected chi connectivity index (χ2v) is 6.13. The van der Waals surface area contributed by atoms with Gasteiger partial charge >= 0.3 is 0 Å². The number of hydrogen-bond acceptors (Lipinski definition) is 4. The first-order chi connectivity index (χ1) is 10.6. The third-order valence-electron chi connectivity index (χ3n) is 3.99. The fourth-order valence-corrected chi connectivity index (χ4v) is 2.66. The van der Waals surface area contributed by atoms with E-state index in [9.17, 15) is 0 Å². The molecule has 1 aromatic rings. The highest BCUT2D eigenvalue weighted by atomic mass is 16.6. The minimum Gasteiger partial charge on any atom is -0.493 e. The molecule has 1 unspecified atom stereocenters. The van der Waals surface area contributed by atoms with Gasteiger partial charge in [-0.05, 0) is 45.4 Å². The van der Waals surface area contributed by atoms with E-state index in [1.165, 1.54) is 11.1 Å². The van der Waals surface area contributed by atoms with Gasteiger partial charge in [-0.3, -0.25) is 0 Å². The zero-order valence-electron chi connectivity index (χ0n) is 14.1. The third kappa shape index (κ3) is 5.95. The standard InChI is InChI=1S/C18H29NO3/c1-15-5-6-18(16(2)13-15)22-10-4-8-19(3)9-7-17-14-20-11-12-21-17/h5-6,13,17H,4,7-12,14H2,1-3H3. The number of ether oxygens (including phenoxy) is 3. The lowest BCUT2D eigenvalue weighted by Crippen LogP contribution is -2.32. The van der Waals surface area contributed by atoms with Gasteiger partial charge in [-0.15, -0.1) is 0 Å². The van der Waals surface area contributed by atoms with Crippen molar-refractivity contribution in [2.24, 2.45) is 0 Å². The van der Waals surface area contributed by atoms with Crippen LogP contribution in [0.3, 0.4) is 0 Å². The Kier molecular flexibility index (Phi) is 7.16. The summed E-state index contributed by atoms with van der Waals surface area (Å²) in [5.74, 6) is 1.00. The van der Waals surface area contributed by atoms with E-state index in [1.807, 2.05) is 0 Å². The van der Waals surface area contributed by atoms with Gasteiger partial charge in [-0.25, -0.2) is 0 Å². The summed E-state index contributed by atoms with van der Waals surface area (Å²) in [5.41, 5.74) is 2.49. The van der Waals surface area contributed by atoms with Crippen LogP contribution in [0, 0.1) is 13.8 Å². The minimum atomic E-state index is 0.266. The van der Waals surface area contributed by atoms with Gasteiger partial charge in [0, 0.05) is 13.1 Å². The van der Waals surface area contributed by atoms with Gasteiger partial charge in [0.15, 0.2) is 0 Å². The van der Waals surface area contributed by atoms with Crippen LogP contribution >= 0.6 is 0 Å². The second kappa shape index (κ2) is 9.13. The fraction of sp³-hybridized carbons (Fsp3) is 0.667. The SMILES string of the molecule is Cc1ccc(OCCCN(C)CCC2COCCO2)c(C)c1. The van der Waals surface area contributed by atoms with E-state index in [1.54, 1.807) is 0 Å². The molecule has 1 aliphatic heterocycles. The highest BCUT2D eigenvalue weighted by Crippen LogP contribution is 2.18. The highest BCUT2D eigenvalue weighted by molar-refractivity contribution is 5.35. The Hall–Kier alpha value is -1.10. The number of aryl methyl sites for hydroxylation is 2. The summed E-state index contributed by atoms with van der Waals surface area (Å²) in [6, 6.07) is 6.32. The maximum atomic E-state index is 5.87. The van der Waals surface area contributed by atoms with E-state index in [0.29, 0.717) is 0 Å². The van der Waals surface area contributed by atoms with Crippen molar-refractivity contribution >= 4 is 0 Å². The lowest BCUT2D eigenvalue weighted by Gasteiger charge is -2.25. The van der Waals surface area contributed by atoms with E-state index in [4.69, 9.17) is 14.2 Å². The van der Waals surface area contributed by atoms with Gasteiger partial charge in [0.1, 0.15) is 5.75 Å². The van der Waals surface area contributed by atoms with Crippen LogP contribution in [-0.2, 0) is 9.47 Å². The van der Waals surface area contributed by atoms with Gasteiger partial charge in [0.25, 0.3) is 0 Å². The van der Waals surface area contributed by atoms with Crippen molar-refractivity contribution in [1.82, 2.24) is 4.90 Å². The normalized spacial score (nSPS) is 18.6. The Labute approximate surface area is 134 Å². The van der Waals surface area contributed by atoms with E-state index < -0.39 is 0 Å². The predicted molar refractivity (Wildman–Crippen MR) is 88.7 cm³/mol. The van der Waals surface area contributed by atoms with Crippen molar-refractivity contribution < 1.29 is 14.2 Å². The Morgan fingerprint density at radius 1 is 1.23 bits per heavy atom. The Morgan fingerprint density at radius 3 is 2.82 bits per heavy atom. The zero-order chi connectivity index (χ0) is 15.8. The van der Waals surface area contributed by atoms with Crippen LogP contribution in [0.25, 0.3) is 0 Å². The summed E-state index contributed by atoms with van der Waals surface area (Å²) in [5, 5.41) is 0. The smallest absolute Gasteiger partial charge is 0.122 e. The van der Waals surface area contributed by atoms with Crippen LogP contribution in [0.2, 0.25) is 0 Å². The summed E-state index contributed by atoms with van der Waals surface area (Å²) in [6.07, 6.45) is 2.34. The monoisotopic (exact) mass is 307 g/mol. The third-order valence-corrected chi connectivity index (χ3v) is 3.99. The lowest BCUT2D eigenvalue weighted by molar-refractivity contribution is -0.0922. The summed E-state index contributed by atoms with van der Waals surface area (Å²) >= 11 is 0. The summed E-state index contributed by atoms with van der Waals surface area (Å²) in [6.45, 7) is 9.25. The van der Waals surface area contributed by atoms with Crippen LogP contribution in [0.1, 0.15) is 24.0 Å². The molecule has 1 heterocycles. The van der Waals surface area contributed by atoms with Gasteiger partial charge < -0.3 is 19.1 Å². The van der Waals surface area contributed by atoms with Crippen LogP contribution in [-0.4, -0.2) is 57.6 Å². The van der Waals surface area contributed by atoms with Crippen molar-refractivity contribution in [2.75, 3.05) is 46.6 Å². The van der Waals surface area contributed by atoms with E-state index in [2.05, 4.69) is 44.0 Å². The molecule has 0 aliphatic carbocycles. The average Bonchev–Trinajstić information content (AvgIpc) is 2.52. The van der Waals surface area contributed by atoms with Crippen LogP contribution in [0.5, 0.6) is 5.75 Å². The maximum absolute atomic E-state index is 5.87. The first-order valence-electron chi connectivity index (χ1n) is 8.23. The minimum absolute atomic E-state index is 0.266. The first-order valence-corrected chi connectivity index (χ1v) is 8.23. The molecule has 1 atom stereocenters. The number of nitrogens with zero attached hydrogens (tertiary/aromatic N) is 1. The van der Waals surface area contributed by atoms with Crippen molar-refractivity contribution in [3.63, 3.8) is 0 Å². The molecule has 1 aliphatic rings. The molecule has 1 saturated heterocycles. The molecule has 0 spiro atoms. The van der Waals surface area contributed by atoms with E-state index in [-0.39, 0.29) is 6.10 Å². The van der Waals surface area contributed by atoms with Gasteiger partial charge in [-0.1, -0.05) is 17.7 Å².